The summed E-state index contributed by atoms with van der Waals surface area (Å²) < 4.78 is 16.0. The molecule has 1 aromatic rings. The summed E-state index contributed by atoms with van der Waals surface area (Å²) in [5.74, 6) is -0.518. The molecule has 0 aromatic heterocycles. The number of hydrogen-bond donors (Lipinski definition) is 1. The molecule has 1 N–H and O–H groups in total. The highest BCUT2D eigenvalue weighted by Crippen LogP contribution is 2.29. The fraction of sp³-hybridized carbons (Fsp3) is 0.600. The summed E-state index contributed by atoms with van der Waals surface area (Å²) in [4.78, 5) is 54.8. The number of carbonyl (C=O) groups excluding carboxylic acids is 4. The van der Waals surface area contributed by atoms with Gasteiger partial charge in [0.05, 0.1) is 26.8 Å². The summed E-state index contributed by atoms with van der Waals surface area (Å²) in [6.45, 7) is 11.1. The predicted octanol–water partition coefficient (Wildman–Crippen LogP) is 4.65. The maximum Gasteiger partial charge on any atom is 0.410 e. The van der Waals surface area contributed by atoms with Crippen LogP contribution in [0.2, 0.25) is 0 Å². The van der Waals surface area contributed by atoms with Crippen molar-refractivity contribution in [1.29, 1.82) is 0 Å². The van der Waals surface area contributed by atoms with Crippen LogP contribution in [0.15, 0.2) is 24.8 Å². The van der Waals surface area contributed by atoms with E-state index in [-0.39, 0.29) is 19.6 Å². The number of unbranched alkanes of at least 4 members (excludes halogenated alkanes) is 1. The largest absolute Gasteiger partial charge is 0.467 e. The van der Waals surface area contributed by atoms with Crippen LogP contribution in [0.1, 0.15) is 76.0 Å². The number of methoxy groups -OCH3 is 1. The fourth-order valence-electron chi connectivity index (χ4n) is 5.18. The van der Waals surface area contributed by atoms with Crippen LogP contribution in [-0.4, -0.2) is 72.3 Å². The van der Waals surface area contributed by atoms with E-state index < -0.39 is 42.3 Å². The third-order valence-electron chi connectivity index (χ3n) is 7.38. The number of ether oxygens (including phenoxy) is 3. The number of esters is 1. The third kappa shape index (κ3) is 7.99. The number of carbonyl (C=O) groups is 4. The van der Waals surface area contributed by atoms with Gasteiger partial charge >= 0.3 is 18.2 Å². The molecule has 0 saturated carbocycles. The molecule has 1 fully saturated rings. The molecule has 0 radical (unpaired) electrons. The number of alkyl carbamates (subject to hydrolysis) is 1. The van der Waals surface area contributed by atoms with Crippen LogP contribution in [-0.2, 0) is 36.9 Å². The van der Waals surface area contributed by atoms with E-state index in [4.69, 9.17) is 14.2 Å². The van der Waals surface area contributed by atoms with Gasteiger partial charge in [0, 0.05) is 13.0 Å². The first-order valence-corrected chi connectivity index (χ1v) is 14.2. The van der Waals surface area contributed by atoms with E-state index >= 15 is 0 Å². The Hall–Kier alpha value is -3.56. The van der Waals surface area contributed by atoms with E-state index in [1.807, 2.05) is 25.1 Å². The smallest absolute Gasteiger partial charge is 0.410 e. The molecular weight excluding hydrogens is 514 g/mol. The van der Waals surface area contributed by atoms with Crippen LogP contribution in [0.25, 0.3) is 6.08 Å². The maximum atomic E-state index is 13.6. The van der Waals surface area contributed by atoms with Crippen molar-refractivity contribution in [3.8, 4) is 0 Å². The van der Waals surface area contributed by atoms with Gasteiger partial charge in [-0.25, -0.2) is 14.4 Å². The molecule has 2 aliphatic heterocycles. The summed E-state index contributed by atoms with van der Waals surface area (Å²) in [6, 6.07) is 4.05. The summed E-state index contributed by atoms with van der Waals surface area (Å²) >= 11 is 0. The third-order valence-corrected chi connectivity index (χ3v) is 7.38. The zero-order chi connectivity index (χ0) is 29.2. The minimum atomic E-state index is -0.925. The molecule has 2 aliphatic rings. The van der Waals surface area contributed by atoms with Crippen molar-refractivity contribution in [1.82, 2.24) is 15.1 Å². The lowest BCUT2D eigenvalue weighted by Crippen LogP contribution is -2.52. The number of hydrogen-bond acceptors (Lipinski definition) is 7. The van der Waals surface area contributed by atoms with E-state index in [2.05, 4.69) is 25.7 Å². The van der Waals surface area contributed by atoms with Gasteiger partial charge in [0.1, 0.15) is 18.2 Å². The molecular formula is C30H43N3O7. The first kappa shape index (κ1) is 31.0. The lowest BCUT2D eigenvalue weighted by atomic mass is 10.0. The Morgan fingerprint density at radius 3 is 2.60 bits per heavy atom. The molecule has 0 aliphatic carbocycles. The van der Waals surface area contributed by atoms with Crippen LogP contribution in [0.3, 0.4) is 0 Å². The zero-order valence-corrected chi connectivity index (χ0v) is 24.1. The Morgan fingerprint density at radius 2 is 1.93 bits per heavy atom. The molecule has 3 amide bonds. The molecule has 220 valence electrons. The average molecular weight is 558 g/mol. The lowest BCUT2D eigenvalue weighted by molar-refractivity contribution is -0.151. The van der Waals surface area contributed by atoms with Gasteiger partial charge in [-0.1, -0.05) is 64.5 Å². The van der Waals surface area contributed by atoms with Gasteiger partial charge in [-0.05, 0) is 41.9 Å². The number of nitrogens with one attached hydrogen (secondary N) is 1. The normalized spacial score (nSPS) is 18.7. The standard InChI is InChI=1S/C30H43N3O7/c1-6-8-14-25(31-29(36)39-15-10-11-20(3)4)27(34)33-18-23(16-26(33)28(35)38-5)40-30(37)32-17-22-13-9-12-21(7-2)24(22)19-32/h7,9,12-13,20,23,25-26H,2,6,8,10-11,14-19H2,1,3-5H3,(H,31,36)/t23-,25+,26?/m1/s1. The SMILES string of the molecule is C=Cc1cccc2c1CN(C(=O)O[C@@H]1CC(C(=O)OC)N(C(=O)[C@H](CCCC)NC(=O)OCCCC(C)C)C1)C2. The van der Waals surface area contributed by atoms with Crippen molar-refractivity contribution >= 4 is 30.1 Å². The summed E-state index contributed by atoms with van der Waals surface area (Å²) in [5.41, 5.74) is 3.04. The van der Waals surface area contributed by atoms with Gasteiger partial charge in [-0.3, -0.25) is 9.69 Å². The quantitative estimate of drug-likeness (QED) is 0.226. The average Bonchev–Trinajstić information content (AvgIpc) is 3.57. The second kappa shape index (κ2) is 14.7. The number of benzene rings is 1. The number of amides is 3. The first-order chi connectivity index (χ1) is 19.2. The van der Waals surface area contributed by atoms with Crippen LogP contribution in [0, 0.1) is 5.92 Å². The number of fused-ring (bicyclic) bond motifs is 1. The van der Waals surface area contributed by atoms with E-state index in [1.54, 1.807) is 11.0 Å². The van der Waals surface area contributed by atoms with E-state index in [9.17, 15) is 19.2 Å². The lowest BCUT2D eigenvalue weighted by Gasteiger charge is -2.27. The van der Waals surface area contributed by atoms with Crippen LogP contribution < -0.4 is 5.32 Å². The maximum absolute atomic E-state index is 13.6. The van der Waals surface area contributed by atoms with Crippen LogP contribution in [0.5, 0.6) is 0 Å². The van der Waals surface area contributed by atoms with Crippen molar-refractivity contribution < 1.29 is 33.4 Å². The molecule has 0 spiro atoms. The van der Waals surface area contributed by atoms with E-state index in [1.165, 1.54) is 12.0 Å². The fourth-order valence-corrected chi connectivity index (χ4v) is 5.18. The molecule has 1 unspecified atom stereocenters. The minimum absolute atomic E-state index is 0.0246. The Labute approximate surface area is 237 Å². The second-order valence-electron chi connectivity index (χ2n) is 10.8. The van der Waals surface area contributed by atoms with Crippen molar-refractivity contribution in [2.24, 2.45) is 5.92 Å². The van der Waals surface area contributed by atoms with Gasteiger partial charge in [0.25, 0.3) is 0 Å². The summed E-state index contributed by atoms with van der Waals surface area (Å²) in [6.07, 6.45) is 3.58. The molecule has 10 nitrogen and oxygen atoms in total. The number of nitrogens with zero attached hydrogens (tertiary/aromatic N) is 2. The Kier molecular flexibility index (Phi) is 11.4. The molecule has 2 heterocycles. The van der Waals surface area contributed by atoms with E-state index in [0.717, 1.165) is 36.0 Å². The molecule has 1 saturated heterocycles. The molecule has 3 rings (SSSR count). The topological polar surface area (TPSA) is 114 Å². The number of rotatable bonds is 12. The number of likely N-dealkylation sites (tertiary alicyclic amines) is 1. The molecule has 1 aromatic carbocycles. The van der Waals surface area contributed by atoms with Gasteiger partial charge < -0.3 is 24.4 Å². The zero-order valence-electron chi connectivity index (χ0n) is 24.1. The Bertz CT molecular complexity index is 1070. The summed E-state index contributed by atoms with van der Waals surface area (Å²) in [7, 11) is 1.25. The van der Waals surface area contributed by atoms with Crippen molar-refractivity contribution in [3.63, 3.8) is 0 Å². The molecule has 10 heteroatoms. The van der Waals surface area contributed by atoms with Crippen molar-refractivity contribution in [2.45, 2.75) is 90.6 Å². The van der Waals surface area contributed by atoms with Gasteiger partial charge in [-0.15, -0.1) is 0 Å². The highest BCUT2D eigenvalue weighted by molar-refractivity contribution is 5.90. The summed E-state index contributed by atoms with van der Waals surface area (Å²) in [5, 5.41) is 2.69. The predicted molar refractivity (Wildman–Crippen MR) is 150 cm³/mol. The van der Waals surface area contributed by atoms with Crippen LogP contribution >= 0.6 is 0 Å². The Morgan fingerprint density at radius 1 is 1.15 bits per heavy atom. The molecule has 3 atom stereocenters. The highest BCUT2D eigenvalue weighted by atomic mass is 16.6. The monoisotopic (exact) mass is 557 g/mol. The minimum Gasteiger partial charge on any atom is -0.467 e. The van der Waals surface area contributed by atoms with Crippen molar-refractivity contribution in [2.75, 3.05) is 20.3 Å². The van der Waals surface area contributed by atoms with E-state index in [0.29, 0.717) is 31.8 Å². The first-order valence-electron chi connectivity index (χ1n) is 14.2. The van der Waals surface area contributed by atoms with Gasteiger partial charge in [0.15, 0.2) is 0 Å². The Balaban J connectivity index is 1.65. The van der Waals surface area contributed by atoms with Gasteiger partial charge in [0.2, 0.25) is 5.91 Å². The van der Waals surface area contributed by atoms with Crippen LogP contribution in [0.4, 0.5) is 9.59 Å². The van der Waals surface area contributed by atoms with Crippen molar-refractivity contribution in [3.05, 3.63) is 41.5 Å². The highest BCUT2D eigenvalue weighted by Gasteiger charge is 2.44. The van der Waals surface area contributed by atoms with Gasteiger partial charge in [-0.2, -0.15) is 0 Å². The molecule has 0 bridgehead atoms. The second-order valence-corrected chi connectivity index (χ2v) is 10.8. The molecule has 40 heavy (non-hydrogen) atoms.